The zero-order valence-corrected chi connectivity index (χ0v) is 22.3. The molecule has 1 heterocycles. The van der Waals surface area contributed by atoms with Crippen molar-refractivity contribution in [1.29, 1.82) is 0 Å². The predicted octanol–water partition coefficient (Wildman–Crippen LogP) is 5.32. The van der Waals surface area contributed by atoms with Crippen molar-refractivity contribution in [3.63, 3.8) is 0 Å². The second kappa shape index (κ2) is 10.2. The Balaban J connectivity index is 2.07. The van der Waals surface area contributed by atoms with Gasteiger partial charge in [-0.25, -0.2) is 8.42 Å². The van der Waals surface area contributed by atoms with E-state index in [4.69, 9.17) is 5.73 Å². The molecule has 0 saturated heterocycles. The van der Waals surface area contributed by atoms with E-state index in [-0.39, 0.29) is 28.5 Å². The fourth-order valence-corrected chi connectivity index (χ4v) is 5.08. The molecule has 0 atom stereocenters. The quantitative estimate of drug-likeness (QED) is 0.242. The number of pyridine rings is 1. The first-order valence-electron chi connectivity index (χ1n) is 11.3. The summed E-state index contributed by atoms with van der Waals surface area (Å²) in [6.45, 7) is 1.93. The van der Waals surface area contributed by atoms with Gasteiger partial charge in [-0.05, 0) is 53.3 Å². The van der Waals surface area contributed by atoms with Gasteiger partial charge in [0.15, 0.2) is 9.84 Å². The van der Waals surface area contributed by atoms with Gasteiger partial charge in [-0.15, -0.1) is 0 Å². The Kier molecular flexibility index (Phi) is 7.28. The number of halogens is 1. The van der Waals surface area contributed by atoms with E-state index in [2.05, 4.69) is 15.9 Å². The standard InChI is InChI=1S/C28H25BrN2O4S/c1-3-21(30)16-25(32)27-26(19-7-5-4-6-8-19)24-15-20(29)11-14-23(24)28(33)31(27)17-18-9-12-22(13-10-18)36(2,34)35/h4-16H,3,17,30H2,1-2H3/b21-16+. The minimum absolute atomic E-state index is 0.0790. The van der Waals surface area contributed by atoms with Gasteiger partial charge in [-0.2, -0.15) is 0 Å². The average molecular weight is 565 g/mol. The zero-order valence-electron chi connectivity index (χ0n) is 19.9. The maximum Gasteiger partial charge on any atom is 0.259 e. The van der Waals surface area contributed by atoms with Crippen molar-refractivity contribution in [3.05, 3.63) is 111 Å². The summed E-state index contributed by atoms with van der Waals surface area (Å²) in [5, 5.41) is 1.12. The highest BCUT2D eigenvalue weighted by atomic mass is 79.9. The molecule has 0 aliphatic rings. The summed E-state index contributed by atoms with van der Waals surface area (Å²) >= 11 is 3.50. The van der Waals surface area contributed by atoms with E-state index in [1.807, 2.05) is 43.3 Å². The molecule has 0 saturated carbocycles. The average Bonchev–Trinajstić information content (AvgIpc) is 2.85. The van der Waals surface area contributed by atoms with Gasteiger partial charge in [-0.3, -0.25) is 14.2 Å². The lowest BCUT2D eigenvalue weighted by Crippen LogP contribution is -2.28. The third-order valence-electron chi connectivity index (χ3n) is 5.95. The van der Waals surface area contributed by atoms with Crippen molar-refractivity contribution in [1.82, 2.24) is 4.57 Å². The highest BCUT2D eigenvalue weighted by Gasteiger charge is 2.23. The van der Waals surface area contributed by atoms with Crippen molar-refractivity contribution < 1.29 is 13.2 Å². The number of carbonyl (C=O) groups excluding carboxylic acids is 1. The maximum absolute atomic E-state index is 13.8. The van der Waals surface area contributed by atoms with Gasteiger partial charge < -0.3 is 5.73 Å². The van der Waals surface area contributed by atoms with Crippen molar-refractivity contribution in [2.24, 2.45) is 5.73 Å². The molecule has 6 nitrogen and oxygen atoms in total. The lowest BCUT2D eigenvalue weighted by Gasteiger charge is -2.19. The van der Waals surface area contributed by atoms with Crippen LogP contribution in [-0.4, -0.2) is 25.0 Å². The molecule has 0 radical (unpaired) electrons. The SMILES string of the molecule is CC/C(N)=C\C(=O)c1c(-c2ccccc2)c2cc(Br)ccc2c(=O)n1Cc1ccc(S(C)(=O)=O)cc1. The molecule has 0 unspecified atom stereocenters. The molecular weight excluding hydrogens is 540 g/mol. The summed E-state index contributed by atoms with van der Waals surface area (Å²) in [5.41, 5.74) is 8.43. The van der Waals surface area contributed by atoms with Crippen molar-refractivity contribution in [3.8, 4) is 11.1 Å². The maximum atomic E-state index is 13.8. The minimum Gasteiger partial charge on any atom is -0.402 e. The van der Waals surface area contributed by atoms with E-state index in [1.165, 1.54) is 22.8 Å². The third kappa shape index (κ3) is 5.20. The third-order valence-corrected chi connectivity index (χ3v) is 7.57. The van der Waals surface area contributed by atoms with Crippen LogP contribution in [0.5, 0.6) is 0 Å². The van der Waals surface area contributed by atoms with Crippen molar-refractivity contribution in [2.45, 2.75) is 24.8 Å². The highest BCUT2D eigenvalue weighted by molar-refractivity contribution is 9.10. The summed E-state index contributed by atoms with van der Waals surface area (Å²) in [5.74, 6) is -0.375. The molecule has 2 N–H and O–H groups in total. The van der Waals surface area contributed by atoms with E-state index in [0.29, 0.717) is 34.0 Å². The van der Waals surface area contributed by atoms with Crippen LogP contribution in [0.1, 0.15) is 29.4 Å². The Hall–Kier alpha value is -3.49. The molecule has 0 bridgehead atoms. The first-order valence-corrected chi connectivity index (χ1v) is 14.0. The van der Waals surface area contributed by atoms with Gasteiger partial charge in [0, 0.05) is 33.5 Å². The number of hydrogen-bond donors (Lipinski definition) is 1. The number of sulfone groups is 1. The number of aromatic nitrogens is 1. The van der Waals surface area contributed by atoms with Gasteiger partial charge in [0.2, 0.25) is 5.78 Å². The summed E-state index contributed by atoms with van der Waals surface area (Å²) < 4.78 is 26.0. The van der Waals surface area contributed by atoms with Gasteiger partial charge in [-0.1, -0.05) is 65.3 Å². The van der Waals surface area contributed by atoms with Crippen molar-refractivity contribution >= 4 is 42.3 Å². The molecule has 0 aliphatic carbocycles. The number of carbonyl (C=O) groups is 1. The molecule has 0 amide bonds. The zero-order chi connectivity index (χ0) is 26.0. The molecule has 36 heavy (non-hydrogen) atoms. The predicted molar refractivity (Wildman–Crippen MR) is 147 cm³/mol. The molecule has 1 aromatic heterocycles. The van der Waals surface area contributed by atoms with Crippen molar-refractivity contribution in [2.75, 3.05) is 6.26 Å². The number of allylic oxidation sites excluding steroid dienone is 2. The Bertz CT molecular complexity index is 1660. The molecule has 0 aliphatic heterocycles. The fraction of sp³-hybridized carbons (Fsp3) is 0.143. The Morgan fingerprint density at radius 2 is 1.67 bits per heavy atom. The molecule has 4 aromatic rings. The molecule has 3 aromatic carbocycles. The largest absolute Gasteiger partial charge is 0.402 e. The molecule has 8 heteroatoms. The number of hydrogen-bond acceptors (Lipinski definition) is 5. The second-order valence-corrected chi connectivity index (χ2v) is 11.5. The number of rotatable bonds is 7. The lowest BCUT2D eigenvalue weighted by atomic mass is 9.94. The fourth-order valence-electron chi connectivity index (χ4n) is 4.09. The topological polar surface area (TPSA) is 99.2 Å². The minimum atomic E-state index is -3.36. The summed E-state index contributed by atoms with van der Waals surface area (Å²) in [6.07, 6.45) is 3.00. The normalized spacial score (nSPS) is 12.1. The Labute approximate surface area is 218 Å². The Morgan fingerprint density at radius 1 is 1.00 bits per heavy atom. The number of nitrogens with two attached hydrogens (primary N) is 1. The molecular formula is C28H25BrN2O4S. The summed E-state index contributed by atoms with van der Waals surface area (Å²) in [7, 11) is -3.36. The molecule has 0 fully saturated rings. The van der Waals surface area contributed by atoms with Gasteiger partial charge in [0.1, 0.15) is 5.69 Å². The van der Waals surface area contributed by atoms with Crippen LogP contribution in [0, 0.1) is 0 Å². The van der Waals surface area contributed by atoms with E-state index in [0.717, 1.165) is 16.3 Å². The number of ketones is 1. The van der Waals surface area contributed by atoms with Gasteiger partial charge >= 0.3 is 0 Å². The monoisotopic (exact) mass is 564 g/mol. The molecule has 184 valence electrons. The van der Waals surface area contributed by atoms with Crippen LogP contribution in [0.25, 0.3) is 21.9 Å². The number of nitrogens with zero attached hydrogens (tertiary/aromatic N) is 1. The van der Waals surface area contributed by atoms with E-state index < -0.39 is 9.84 Å². The van der Waals surface area contributed by atoms with Gasteiger partial charge in [0.25, 0.3) is 5.56 Å². The van der Waals surface area contributed by atoms with E-state index in [9.17, 15) is 18.0 Å². The van der Waals surface area contributed by atoms with Gasteiger partial charge in [0.05, 0.1) is 11.4 Å². The number of fused-ring (bicyclic) bond motifs is 1. The van der Waals surface area contributed by atoms with Crippen LogP contribution in [-0.2, 0) is 16.4 Å². The van der Waals surface area contributed by atoms with Crippen LogP contribution < -0.4 is 11.3 Å². The summed E-state index contributed by atoms with van der Waals surface area (Å²) in [6, 6.07) is 21.1. The van der Waals surface area contributed by atoms with Crippen LogP contribution in [0.2, 0.25) is 0 Å². The van der Waals surface area contributed by atoms with E-state index in [1.54, 1.807) is 24.3 Å². The molecule has 4 rings (SSSR count). The molecule has 0 spiro atoms. The Morgan fingerprint density at radius 3 is 2.28 bits per heavy atom. The highest BCUT2D eigenvalue weighted by Crippen LogP contribution is 2.33. The van der Waals surface area contributed by atoms with Crippen LogP contribution in [0.4, 0.5) is 0 Å². The van der Waals surface area contributed by atoms with E-state index >= 15 is 0 Å². The van der Waals surface area contributed by atoms with Crippen LogP contribution in [0.15, 0.2) is 98.7 Å². The smallest absolute Gasteiger partial charge is 0.259 e. The van der Waals surface area contributed by atoms with Crippen LogP contribution >= 0.6 is 15.9 Å². The second-order valence-electron chi connectivity index (χ2n) is 8.52. The van der Waals surface area contributed by atoms with Crippen LogP contribution in [0.3, 0.4) is 0 Å². The number of benzene rings is 3. The lowest BCUT2D eigenvalue weighted by molar-refractivity contribution is 0.103. The first kappa shape index (κ1) is 25.6. The summed E-state index contributed by atoms with van der Waals surface area (Å²) in [4.78, 5) is 27.6. The first-order chi connectivity index (χ1) is 17.1.